The van der Waals surface area contributed by atoms with E-state index in [1.165, 1.54) is 16.0 Å². The number of rotatable bonds is 6. The maximum absolute atomic E-state index is 6.04. The summed E-state index contributed by atoms with van der Waals surface area (Å²) >= 11 is 3.27. The summed E-state index contributed by atoms with van der Waals surface area (Å²) in [4.78, 5) is 3.17. The van der Waals surface area contributed by atoms with Gasteiger partial charge in [-0.05, 0) is 43.0 Å². The Morgan fingerprint density at radius 1 is 1.33 bits per heavy atom. The maximum Gasteiger partial charge on any atom is 0.208 e. The summed E-state index contributed by atoms with van der Waals surface area (Å²) < 4.78 is 0.969. The molecule has 0 amide bonds. The Kier molecular flexibility index (Phi) is 5.61. The summed E-state index contributed by atoms with van der Waals surface area (Å²) in [5.41, 5.74) is 8.67. The van der Waals surface area contributed by atoms with Gasteiger partial charge < -0.3 is 10.6 Å². The highest BCUT2D eigenvalue weighted by atomic mass is 32.2. The molecular weight excluding hydrogens is 300 g/mol. The number of nitrogens with zero attached hydrogens (tertiary/aromatic N) is 3. The number of nitrogens with two attached hydrogens (primary N) is 1. The minimum Gasteiger partial charge on any atom is -0.353 e. The molecule has 1 aromatic carbocycles. The van der Waals surface area contributed by atoms with Crippen LogP contribution in [0.4, 0.5) is 5.13 Å². The summed E-state index contributed by atoms with van der Waals surface area (Å²) in [5.74, 6) is 0. The molecule has 1 aromatic heterocycles. The van der Waals surface area contributed by atoms with Gasteiger partial charge in [-0.3, -0.25) is 0 Å². The predicted molar refractivity (Wildman–Crippen MR) is 91.5 cm³/mol. The molecule has 4 nitrogen and oxygen atoms in total. The van der Waals surface area contributed by atoms with Crippen LogP contribution in [0.2, 0.25) is 0 Å². The SMILES string of the molecule is CCC(N)Cc1ccc(Sc2nnc(N(C)C)s2)cc1C. The molecule has 0 aliphatic heterocycles. The van der Waals surface area contributed by atoms with Crippen LogP contribution >= 0.6 is 23.1 Å². The van der Waals surface area contributed by atoms with Crippen LogP contribution in [0, 0.1) is 6.92 Å². The van der Waals surface area contributed by atoms with Gasteiger partial charge in [0.1, 0.15) is 0 Å². The first-order valence-corrected chi connectivity index (χ1v) is 8.66. The third kappa shape index (κ3) is 4.43. The molecule has 1 unspecified atom stereocenters. The molecule has 0 aliphatic carbocycles. The lowest BCUT2D eigenvalue weighted by molar-refractivity contribution is 0.644. The standard InChI is InChI=1S/C15H22N4S2/c1-5-12(16)9-11-6-7-13(8-10(11)2)20-15-18-17-14(21-15)19(3)4/h6-8,12H,5,9,16H2,1-4H3. The second-order valence-electron chi connectivity index (χ2n) is 5.31. The summed E-state index contributed by atoms with van der Waals surface area (Å²) in [6.07, 6.45) is 1.95. The third-order valence-corrected chi connectivity index (χ3v) is 5.44. The van der Waals surface area contributed by atoms with E-state index in [0.717, 1.165) is 22.3 Å². The van der Waals surface area contributed by atoms with Crippen LogP contribution < -0.4 is 10.6 Å². The lowest BCUT2D eigenvalue weighted by Gasteiger charge is -2.12. The molecule has 0 aliphatic rings. The molecule has 1 heterocycles. The highest BCUT2D eigenvalue weighted by molar-refractivity contribution is 8.01. The largest absolute Gasteiger partial charge is 0.353 e. The van der Waals surface area contributed by atoms with Crippen LogP contribution in [-0.4, -0.2) is 30.3 Å². The molecule has 114 valence electrons. The molecule has 21 heavy (non-hydrogen) atoms. The van der Waals surface area contributed by atoms with E-state index in [1.807, 2.05) is 19.0 Å². The Morgan fingerprint density at radius 2 is 2.10 bits per heavy atom. The summed E-state index contributed by atoms with van der Waals surface area (Å²) in [7, 11) is 3.95. The molecule has 0 fully saturated rings. The predicted octanol–water partition coefficient (Wildman–Crippen LogP) is 3.34. The second-order valence-corrected chi connectivity index (χ2v) is 7.58. The van der Waals surface area contributed by atoms with Crippen molar-refractivity contribution in [1.29, 1.82) is 0 Å². The van der Waals surface area contributed by atoms with E-state index < -0.39 is 0 Å². The molecule has 2 aromatic rings. The number of hydrogen-bond acceptors (Lipinski definition) is 6. The van der Waals surface area contributed by atoms with Crippen molar-refractivity contribution in [1.82, 2.24) is 10.2 Å². The van der Waals surface area contributed by atoms with Crippen LogP contribution in [-0.2, 0) is 6.42 Å². The van der Waals surface area contributed by atoms with E-state index in [1.54, 1.807) is 23.1 Å². The molecule has 0 saturated heterocycles. The van der Waals surface area contributed by atoms with Crippen molar-refractivity contribution in [3.63, 3.8) is 0 Å². The zero-order chi connectivity index (χ0) is 15.4. The third-order valence-electron chi connectivity index (χ3n) is 3.30. The van der Waals surface area contributed by atoms with Crippen molar-refractivity contribution in [2.45, 2.75) is 42.0 Å². The van der Waals surface area contributed by atoms with Crippen molar-refractivity contribution >= 4 is 28.2 Å². The maximum atomic E-state index is 6.04. The topological polar surface area (TPSA) is 55.0 Å². The molecule has 1 atom stereocenters. The summed E-state index contributed by atoms with van der Waals surface area (Å²) in [6.45, 7) is 4.27. The Balaban J connectivity index is 2.08. The van der Waals surface area contributed by atoms with Crippen molar-refractivity contribution in [3.8, 4) is 0 Å². The van der Waals surface area contributed by atoms with Crippen LogP contribution in [0.15, 0.2) is 27.4 Å². The molecule has 0 spiro atoms. The average molecular weight is 323 g/mol. The van der Waals surface area contributed by atoms with Gasteiger partial charge in [-0.2, -0.15) is 0 Å². The molecule has 0 radical (unpaired) electrons. The Hall–Kier alpha value is -1.11. The van der Waals surface area contributed by atoms with Gasteiger partial charge in [0, 0.05) is 25.0 Å². The second kappa shape index (κ2) is 7.24. The Morgan fingerprint density at radius 3 is 2.67 bits per heavy atom. The fourth-order valence-corrected chi connectivity index (χ4v) is 3.75. The minimum absolute atomic E-state index is 0.244. The number of anilines is 1. The van der Waals surface area contributed by atoms with Crippen molar-refractivity contribution in [2.24, 2.45) is 5.73 Å². The lowest BCUT2D eigenvalue weighted by atomic mass is 10.0. The van der Waals surface area contributed by atoms with Gasteiger partial charge >= 0.3 is 0 Å². The molecule has 0 bridgehead atoms. The van der Waals surface area contributed by atoms with E-state index in [-0.39, 0.29) is 6.04 Å². The zero-order valence-electron chi connectivity index (χ0n) is 13.0. The number of benzene rings is 1. The van der Waals surface area contributed by atoms with E-state index in [2.05, 4.69) is 42.2 Å². The van der Waals surface area contributed by atoms with E-state index in [4.69, 9.17) is 5.73 Å². The fourth-order valence-electron chi connectivity index (χ4n) is 1.91. The fraction of sp³-hybridized carbons (Fsp3) is 0.467. The minimum atomic E-state index is 0.244. The van der Waals surface area contributed by atoms with E-state index in [0.29, 0.717) is 0 Å². The Labute approximate surface area is 134 Å². The van der Waals surface area contributed by atoms with Gasteiger partial charge in [-0.1, -0.05) is 36.1 Å². The van der Waals surface area contributed by atoms with Crippen LogP contribution in [0.3, 0.4) is 0 Å². The Bertz CT molecular complexity index is 595. The molecular formula is C15H22N4S2. The normalized spacial score (nSPS) is 12.4. The molecule has 0 saturated carbocycles. The zero-order valence-corrected chi connectivity index (χ0v) is 14.6. The highest BCUT2D eigenvalue weighted by Crippen LogP contribution is 2.33. The van der Waals surface area contributed by atoms with Crippen molar-refractivity contribution in [2.75, 3.05) is 19.0 Å². The lowest BCUT2D eigenvalue weighted by Crippen LogP contribution is -2.21. The van der Waals surface area contributed by atoms with Crippen LogP contribution in [0.1, 0.15) is 24.5 Å². The monoisotopic (exact) mass is 322 g/mol. The average Bonchev–Trinajstić information content (AvgIpc) is 2.90. The van der Waals surface area contributed by atoms with E-state index in [9.17, 15) is 0 Å². The molecule has 2 N–H and O–H groups in total. The van der Waals surface area contributed by atoms with Gasteiger partial charge in [0.15, 0.2) is 4.34 Å². The first kappa shape index (κ1) is 16.3. The first-order valence-electron chi connectivity index (χ1n) is 7.03. The van der Waals surface area contributed by atoms with Crippen LogP contribution in [0.25, 0.3) is 0 Å². The van der Waals surface area contributed by atoms with Gasteiger partial charge in [0.05, 0.1) is 0 Å². The molecule has 2 rings (SSSR count). The van der Waals surface area contributed by atoms with Gasteiger partial charge in [0.2, 0.25) is 5.13 Å². The van der Waals surface area contributed by atoms with Crippen molar-refractivity contribution < 1.29 is 0 Å². The highest BCUT2D eigenvalue weighted by Gasteiger charge is 2.09. The summed E-state index contributed by atoms with van der Waals surface area (Å²) in [6, 6.07) is 6.78. The van der Waals surface area contributed by atoms with Crippen molar-refractivity contribution in [3.05, 3.63) is 29.3 Å². The summed E-state index contributed by atoms with van der Waals surface area (Å²) in [5, 5.41) is 9.31. The number of hydrogen-bond donors (Lipinski definition) is 1. The number of aryl methyl sites for hydroxylation is 1. The quantitative estimate of drug-likeness (QED) is 0.884. The van der Waals surface area contributed by atoms with E-state index >= 15 is 0 Å². The smallest absolute Gasteiger partial charge is 0.208 e. The van der Waals surface area contributed by atoms with Gasteiger partial charge in [0.25, 0.3) is 0 Å². The number of aromatic nitrogens is 2. The van der Waals surface area contributed by atoms with Crippen LogP contribution in [0.5, 0.6) is 0 Å². The van der Waals surface area contributed by atoms with Gasteiger partial charge in [-0.15, -0.1) is 10.2 Å². The van der Waals surface area contributed by atoms with Gasteiger partial charge in [-0.25, -0.2) is 0 Å². The molecule has 6 heteroatoms. The first-order chi connectivity index (χ1) is 9.99.